The number of hydrogen-bond donors (Lipinski definition) is 2. The van der Waals surface area contributed by atoms with Gasteiger partial charge in [0.15, 0.2) is 5.13 Å². The van der Waals surface area contributed by atoms with E-state index in [0.717, 1.165) is 18.5 Å². The van der Waals surface area contributed by atoms with Crippen molar-refractivity contribution in [3.63, 3.8) is 0 Å². The van der Waals surface area contributed by atoms with Gasteiger partial charge in [0.25, 0.3) is 0 Å². The van der Waals surface area contributed by atoms with Crippen LogP contribution in [0.2, 0.25) is 0 Å². The number of carboxylic acids is 1. The number of aromatic nitrogens is 1. The molecule has 1 aromatic rings. The molecule has 1 aliphatic heterocycles. The SMILES string of the molecule is COC1CC(C(=O)O)N(C(=O)Nc2nc(C3CC3)cs2)C1. The van der Waals surface area contributed by atoms with Gasteiger partial charge in [-0.1, -0.05) is 0 Å². The standard InChI is InChI=1S/C13H17N3O4S/c1-20-8-4-10(11(17)18)16(5-8)13(19)15-12-14-9(6-21-12)7-2-3-7/h6-8,10H,2-5H2,1H3,(H,17,18)(H,14,15,19). The van der Waals surface area contributed by atoms with Gasteiger partial charge < -0.3 is 14.7 Å². The van der Waals surface area contributed by atoms with Crippen LogP contribution in [0.4, 0.5) is 9.93 Å². The number of aliphatic carboxylic acids is 1. The number of urea groups is 1. The Labute approximate surface area is 125 Å². The smallest absolute Gasteiger partial charge is 0.326 e. The molecule has 114 valence electrons. The van der Waals surface area contributed by atoms with Crippen molar-refractivity contribution in [2.24, 2.45) is 0 Å². The van der Waals surface area contributed by atoms with Crippen molar-refractivity contribution in [2.45, 2.75) is 37.3 Å². The lowest BCUT2D eigenvalue weighted by molar-refractivity contribution is -0.141. The summed E-state index contributed by atoms with van der Waals surface area (Å²) in [6.45, 7) is 0.278. The summed E-state index contributed by atoms with van der Waals surface area (Å²) in [6.07, 6.45) is 2.37. The number of thiazole rings is 1. The van der Waals surface area contributed by atoms with E-state index in [0.29, 0.717) is 17.5 Å². The summed E-state index contributed by atoms with van der Waals surface area (Å²) in [5.74, 6) is -0.481. The molecule has 2 amide bonds. The van der Waals surface area contributed by atoms with Crippen molar-refractivity contribution in [3.8, 4) is 0 Å². The molecule has 2 fully saturated rings. The molecule has 0 radical (unpaired) electrons. The van der Waals surface area contributed by atoms with E-state index in [9.17, 15) is 14.7 Å². The number of ether oxygens (including phenoxy) is 1. The molecule has 21 heavy (non-hydrogen) atoms. The Morgan fingerprint density at radius 3 is 2.90 bits per heavy atom. The molecule has 2 unspecified atom stereocenters. The Bertz CT molecular complexity index is 557. The normalized spacial score (nSPS) is 25.1. The monoisotopic (exact) mass is 311 g/mol. The summed E-state index contributed by atoms with van der Waals surface area (Å²) in [4.78, 5) is 29.2. The zero-order valence-corrected chi connectivity index (χ0v) is 12.4. The summed E-state index contributed by atoms with van der Waals surface area (Å²) in [6, 6.07) is -1.28. The molecule has 2 N–H and O–H groups in total. The number of rotatable bonds is 4. The Balaban J connectivity index is 1.66. The van der Waals surface area contributed by atoms with Crippen molar-refractivity contribution in [1.29, 1.82) is 0 Å². The van der Waals surface area contributed by atoms with E-state index in [1.165, 1.54) is 23.3 Å². The van der Waals surface area contributed by atoms with E-state index in [1.54, 1.807) is 0 Å². The quantitative estimate of drug-likeness (QED) is 0.883. The lowest BCUT2D eigenvalue weighted by atomic mass is 10.2. The van der Waals surface area contributed by atoms with Gasteiger partial charge in [-0.25, -0.2) is 14.6 Å². The van der Waals surface area contributed by atoms with Gasteiger partial charge in [0.05, 0.1) is 11.8 Å². The number of carboxylic acid groups (broad SMARTS) is 1. The van der Waals surface area contributed by atoms with E-state index < -0.39 is 18.0 Å². The number of anilines is 1. The maximum absolute atomic E-state index is 12.2. The molecule has 0 spiro atoms. The van der Waals surface area contributed by atoms with Crippen LogP contribution in [-0.4, -0.2) is 52.8 Å². The lowest BCUT2D eigenvalue weighted by Crippen LogP contribution is -2.43. The van der Waals surface area contributed by atoms with Crippen LogP contribution < -0.4 is 5.32 Å². The van der Waals surface area contributed by atoms with Gasteiger partial charge in [0, 0.05) is 31.4 Å². The van der Waals surface area contributed by atoms with E-state index in [-0.39, 0.29) is 12.6 Å². The fourth-order valence-electron chi connectivity index (χ4n) is 2.50. The molecule has 8 heteroatoms. The van der Waals surface area contributed by atoms with E-state index in [1.807, 2.05) is 5.38 Å². The average molecular weight is 311 g/mol. The second-order valence-electron chi connectivity index (χ2n) is 5.38. The third-order valence-electron chi connectivity index (χ3n) is 3.87. The van der Waals surface area contributed by atoms with Crippen LogP contribution in [0.5, 0.6) is 0 Å². The molecule has 3 rings (SSSR count). The van der Waals surface area contributed by atoms with Crippen LogP contribution in [0.15, 0.2) is 5.38 Å². The zero-order chi connectivity index (χ0) is 15.0. The third kappa shape index (κ3) is 3.01. The number of carbonyl (C=O) groups excluding carboxylic acids is 1. The van der Waals surface area contributed by atoms with Gasteiger partial charge >= 0.3 is 12.0 Å². The first-order chi connectivity index (χ1) is 10.1. The summed E-state index contributed by atoms with van der Waals surface area (Å²) in [5.41, 5.74) is 1.02. The molecular weight excluding hydrogens is 294 g/mol. The molecule has 2 heterocycles. The molecule has 7 nitrogen and oxygen atoms in total. The molecule has 1 saturated heterocycles. The van der Waals surface area contributed by atoms with Gasteiger partial charge in [-0.2, -0.15) is 0 Å². The summed E-state index contributed by atoms with van der Waals surface area (Å²) in [5, 5.41) is 14.4. The molecule has 1 saturated carbocycles. The molecule has 0 bridgehead atoms. The topological polar surface area (TPSA) is 91.8 Å². The number of amides is 2. The first-order valence-corrected chi connectivity index (χ1v) is 7.75. The van der Waals surface area contributed by atoms with Crippen molar-refractivity contribution in [1.82, 2.24) is 9.88 Å². The fraction of sp³-hybridized carbons (Fsp3) is 0.615. The Morgan fingerprint density at radius 1 is 1.52 bits per heavy atom. The number of nitrogens with zero attached hydrogens (tertiary/aromatic N) is 2. The van der Waals surface area contributed by atoms with E-state index >= 15 is 0 Å². The summed E-state index contributed by atoms with van der Waals surface area (Å²) in [7, 11) is 1.52. The maximum Gasteiger partial charge on any atom is 0.326 e. The van der Waals surface area contributed by atoms with Crippen molar-refractivity contribution >= 4 is 28.5 Å². The molecule has 2 atom stereocenters. The molecule has 1 aliphatic carbocycles. The minimum atomic E-state index is -1.01. The predicted molar refractivity (Wildman–Crippen MR) is 76.7 cm³/mol. The predicted octanol–water partition coefficient (Wildman–Crippen LogP) is 1.73. The largest absolute Gasteiger partial charge is 0.480 e. The maximum atomic E-state index is 12.2. The number of hydrogen-bond acceptors (Lipinski definition) is 5. The average Bonchev–Trinajstić information content (AvgIpc) is 3.03. The van der Waals surface area contributed by atoms with Crippen LogP contribution in [-0.2, 0) is 9.53 Å². The van der Waals surface area contributed by atoms with Crippen LogP contribution in [0.1, 0.15) is 30.9 Å². The van der Waals surface area contributed by atoms with Crippen LogP contribution >= 0.6 is 11.3 Å². The highest BCUT2D eigenvalue weighted by molar-refractivity contribution is 7.13. The van der Waals surface area contributed by atoms with Crippen molar-refractivity contribution in [3.05, 3.63) is 11.1 Å². The Kier molecular flexibility index (Phi) is 3.81. The first-order valence-electron chi connectivity index (χ1n) is 6.87. The Morgan fingerprint density at radius 2 is 2.29 bits per heavy atom. The van der Waals surface area contributed by atoms with E-state index in [2.05, 4.69) is 10.3 Å². The second-order valence-corrected chi connectivity index (χ2v) is 6.24. The van der Waals surface area contributed by atoms with Crippen LogP contribution in [0, 0.1) is 0 Å². The molecule has 1 aromatic heterocycles. The molecular formula is C13H17N3O4S. The van der Waals surface area contributed by atoms with Gasteiger partial charge in [-0.05, 0) is 12.8 Å². The van der Waals surface area contributed by atoms with Crippen molar-refractivity contribution < 1.29 is 19.4 Å². The highest BCUT2D eigenvalue weighted by atomic mass is 32.1. The minimum absolute atomic E-state index is 0.241. The fourth-order valence-corrected chi connectivity index (χ4v) is 3.28. The van der Waals surface area contributed by atoms with Gasteiger partial charge in [0.1, 0.15) is 6.04 Å². The Hall–Kier alpha value is -1.67. The van der Waals surface area contributed by atoms with Crippen LogP contribution in [0.3, 0.4) is 0 Å². The zero-order valence-electron chi connectivity index (χ0n) is 11.6. The summed E-state index contributed by atoms with van der Waals surface area (Å²) >= 11 is 1.37. The lowest BCUT2D eigenvalue weighted by Gasteiger charge is -2.20. The third-order valence-corrected chi connectivity index (χ3v) is 4.65. The number of methoxy groups -OCH3 is 1. The first kappa shape index (κ1) is 14.3. The van der Waals surface area contributed by atoms with Gasteiger partial charge in [-0.15, -0.1) is 11.3 Å². The van der Waals surface area contributed by atoms with E-state index in [4.69, 9.17) is 4.74 Å². The number of carbonyl (C=O) groups is 2. The summed E-state index contributed by atoms with van der Waals surface area (Å²) < 4.78 is 5.17. The van der Waals surface area contributed by atoms with Gasteiger partial charge in [-0.3, -0.25) is 5.32 Å². The van der Waals surface area contributed by atoms with Crippen molar-refractivity contribution in [2.75, 3.05) is 19.0 Å². The minimum Gasteiger partial charge on any atom is -0.480 e. The number of likely N-dealkylation sites (tertiary alicyclic amines) is 1. The second kappa shape index (κ2) is 5.61. The van der Waals surface area contributed by atoms with Gasteiger partial charge in [0.2, 0.25) is 0 Å². The molecule has 0 aromatic carbocycles. The number of nitrogens with one attached hydrogen (secondary N) is 1. The van der Waals surface area contributed by atoms with Crippen LogP contribution in [0.25, 0.3) is 0 Å². The highest BCUT2D eigenvalue weighted by Crippen LogP contribution is 2.40. The highest BCUT2D eigenvalue weighted by Gasteiger charge is 2.40. The molecule has 2 aliphatic rings.